The van der Waals surface area contributed by atoms with E-state index in [-0.39, 0.29) is 28.8 Å². The van der Waals surface area contributed by atoms with E-state index in [1.54, 1.807) is 18.3 Å². The van der Waals surface area contributed by atoms with Crippen LogP contribution in [-0.4, -0.2) is 15.2 Å². The van der Waals surface area contributed by atoms with E-state index in [2.05, 4.69) is 25.8 Å². The zero-order valence-corrected chi connectivity index (χ0v) is 16.5. The van der Waals surface area contributed by atoms with E-state index in [1.807, 2.05) is 19.1 Å². The van der Waals surface area contributed by atoms with Crippen molar-refractivity contribution in [1.82, 2.24) is 15.2 Å². The fourth-order valence-electron chi connectivity index (χ4n) is 2.94. The standard InChI is InChI=1S/C22H18F3N5O/c1-2-13-6-9-18(17(24)11-13)28-20-15(7-8-16(23)19(20)25)21-29-30-22(31-21)27-12-14-5-3-4-10-26-14/h3-11,28H,2,12H2,1H3,(H,27,30). The number of nitrogens with zero attached hydrogens (tertiary/aromatic N) is 3. The molecule has 0 atom stereocenters. The smallest absolute Gasteiger partial charge is 0.316 e. The van der Waals surface area contributed by atoms with Crippen molar-refractivity contribution >= 4 is 17.4 Å². The van der Waals surface area contributed by atoms with E-state index in [0.29, 0.717) is 13.0 Å². The van der Waals surface area contributed by atoms with Gasteiger partial charge >= 0.3 is 6.01 Å². The van der Waals surface area contributed by atoms with Crippen molar-refractivity contribution in [3.05, 3.63) is 83.4 Å². The molecule has 0 aliphatic heterocycles. The molecule has 0 aliphatic carbocycles. The molecule has 0 aliphatic rings. The number of rotatable bonds is 7. The van der Waals surface area contributed by atoms with Crippen LogP contribution in [0.3, 0.4) is 0 Å². The van der Waals surface area contributed by atoms with Crippen LogP contribution < -0.4 is 10.6 Å². The molecule has 2 heterocycles. The van der Waals surface area contributed by atoms with Crippen LogP contribution in [0.15, 0.2) is 59.1 Å². The Bertz CT molecular complexity index is 1200. The molecule has 4 aromatic rings. The number of hydrogen-bond acceptors (Lipinski definition) is 6. The first-order valence-electron chi connectivity index (χ1n) is 9.56. The van der Waals surface area contributed by atoms with Crippen molar-refractivity contribution in [3.63, 3.8) is 0 Å². The fourth-order valence-corrected chi connectivity index (χ4v) is 2.94. The van der Waals surface area contributed by atoms with Crippen LogP contribution in [0, 0.1) is 17.5 Å². The molecule has 0 fully saturated rings. The van der Waals surface area contributed by atoms with Gasteiger partial charge in [0.1, 0.15) is 5.82 Å². The highest BCUT2D eigenvalue weighted by molar-refractivity contribution is 5.78. The molecular formula is C22H18F3N5O. The lowest BCUT2D eigenvalue weighted by Crippen LogP contribution is -2.02. The Kier molecular flexibility index (Phi) is 5.83. The van der Waals surface area contributed by atoms with E-state index in [0.717, 1.165) is 17.3 Å². The fraction of sp³-hybridized carbons (Fsp3) is 0.136. The average Bonchev–Trinajstić information content (AvgIpc) is 3.26. The maximum absolute atomic E-state index is 14.6. The predicted molar refractivity (Wildman–Crippen MR) is 110 cm³/mol. The van der Waals surface area contributed by atoms with E-state index < -0.39 is 17.5 Å². The lowest BCUT2D eigenvalue weighted by Gasteiger charge is -2.13. The summed E-state index contributed by atoms with van der Waals surface area (Å²) < 4.78 is 48.5. The highest BCUT2D eigenvalue weighted by atomic mass is 19.2. The molecule has 0 radical (unpaired) electrons. The minimum atomic E-state index is -1.18. The molecule has 158 valence electrons. The van der Waals surface area contributed by atoms with E-state index in [4.69, 9.17) is 4.42 Å². The van der Waals surface area contributed by atoms with Crippen molar-refractivity contribution in [3.8, 4) is 11.5 Å². The Morgan fingerprint density at radius 2 is 1.84 bits per heavy atom. The quantitative estimate of drug-likeness (QED) is 0.409. The average molecular weight is 425 g/mol. The normalized spacial score (nSPS) is 10.8. The highest BCUT2D eigenvalue weighted by Gasteiger charge is 2.20. The van der Waals surface area contributed by atoms with Crippen LogP contribution >= 0.6 is 0 Å². The number of aromatic nitrogens is 3. The Morgan fingerprint density at radius 3 is 2.58 bits per heavy atom. The summed E-state index contributed by atoms with van der Waals surface area (Å²) >= 11 is 0. The van der Waals surface area contributed by atoms with Crippen LogP contribution in [0.5, 0.6) is 0 Å². The van der Waals surface area contributed by atoms with Gasteiger partial charge in [0.05, 0.1) is 29.2 Å². The van der Waals surface area contributed by atoms with Gasteiger partial charge in [-0.05, 0) is 48.4 Å². The predicted octanol–water partition coefficient (Wildman–Crippen LogP) is 5.47. The van der Waals surface area contributed by atoms with Gasteiger partial charge in [0, 0.05) is 6.20 Å². The third kappa shape index (κ3) is 4.50. The first-order valence-corrected chi connectivity index (χ1v) is 9.56. The van der Waals surface area contributed by atoms with Crippen LogP contribution in [0.1, 0.15) is 18.2 Å². The summed E-state index contributed by atoms with van der Waals surface area (Å²) in [6, 6.07) is 12.3. The van der Waals surface area contributed by atoms with Gasteiger partial charge < -0.3 is 15.1 Å². The lowest BCUT2D eigenvalue weighted by molar-refractivity contribution is 0.511. The number of anilines is 3. The molecule has 31 heavy (non-hydrogen) atoms. The Labute approximate surface area is 176 Å². The Balaban J connectivity index is 1.62. The van der Waals surface area contributed by atoms with Crippen molar-refractivity contribution in [2.75, 3.05) is 10.6 Å². The molecule has 9 heteroatoms. The lowest BCUT2D eigenvalue weighted by atomic mass is 10.1. The number of pyridine rings is 1. The van der Waals surface area contributed by atoms with Gasteiger partial charge in [0.15, 0.2) is 11.6 Å². The summed E-state index contributed by atoms with van der Waals surface area (Å²) in [6.45, 7) is 2.22. The second kappa shape index (κ2) is 8.86. The molecule has 0 amide bonds. The number of nitrogens with one attached hydrogen (secondary N) is 2. The van der Waals surface area contributed by atoms with E-state index in [1.165, 1.54) is 18.2 Å². The molecule has 0 bridgehead atoms. The first kappa shape index (κ1) is 20.4. The van der Waals surface area contributed by atoms with Gasteiger partial charge in [-0.1, -0.05) is 24.2 Å². The molecule has 4 rings (SSSR count). The van der Waals surface area contributed by atoms with Crippen molar-refractivity contribution in [1.29, 1.82) is 0 Å². The zero-order chi connectivity index (χ0) is 21.8. The van der Waals surface area contributed by atoms with Gasteiger partial charge in [-0.15, -0.1) is 5.10 Å². The summed E-state index contributed by atoms with van der Waals surface area (Å²) in [4.78, 5) is 4.17. The SMILES string of the molecule is CCc1ccc(Nc2c(-c3nnc(NCc4ccccn4)o3)ccc(F)c2F)c(F)c1. The molecule has 2 aromatic carbocycles. The molecular weight excluding hydrogens is 407 g/mol. The van der Waals surface area contributed by atoms with Crippen LogP contribution in [0.4, 0.5) is 30.6 Å². The van der Waals surface area contributed by atoms with Crippen LogP contribution in [0.2, 0.25) is 0 Å². The third-order valence-corrected chi connectivity index (χ3v) is 4.60. The minimum absolute atomic E-state index is 0.00374. The summed E-state index contributed by atoms with van der Waals surface area (Å²) in [6.07, 6.45) is 2.30. The molecule has 0 spiro atoms. The van der Waals surface area contributed by atoms with Crippen molar-refractivity contribution in [2.24, 2.45) is 0 Å². The van der Waals surface area contributed by atoms with Crippen LogP contribution in [0.25, 0.3) is 11.5 Å². The van der Waals surface area contributed by atoms with Gasteiger partial charge in [0.25, 0.3) is 5.89 Å². The topological polar surface area (TPSA) is 75.9 Å². The van der Waals surface area contributed by atoms with Gasteiger partial charge in [-0.25, -0.2) is 13.2 Å². The first-order chi connectivity index (χ1) is 15.0. The number of benzene rings is 2. The summed E-state index contributed by atoms with van der Waals surface area (Å²) in [5.41, 5.74) is 1.32. The zero-order valence-electron chi connectivity index (χ0n) is 16.5. The van der Waals surface area contributed by atoms with E-state index in [9.17, 15) is 13.2 Å². The summed E-state index contributed by atoms with van der Waals surface area (Å²) in [7, 11) is 0. The van der Waals surface area contributed by atoms with E-state index >= 15 is 0 Å². The van der Waals surface area contributed by atoms with Crippen molar-refractivity contribution in [2.45, 2.75) is 19.9 Å². The number of halogens is 3. The number of hydrogen-bond donors (Lipinski definition) is 2. The minimum Gasteiger partial charge on any atom is -0.403 e. The molecule has 2 N–H and O–H groups in total. The summed E-state index contributed by atoms with van der Waals surface area (Å²) in [5, 5.41) is 13.3. The largest absolute Gasteiger partial charge is 0.403 e. The third-order valence-electron chi connectivity index (χ3n) is 4.60. The Hall–Kier alpha value is -3.88. The molecule has 0 saturated carbocycles. The van der Waals surface area contributed by atoms with Gasteiger partial charge in [-0.3, -0.25) is 4.98 Å². The Morgan fingerprint density at radius 1 is 0.968 bits per heavy atom. The highest BCUT2D eigenvalue weighted by Crippen LogP contribution is 2.34. The monoisotopic (exact) mass is 425 g/mol. The summed E-state index contributed by atoms with van der Waals surface area (Å²) in [5.74, 6) is -2.92. The van der Waals surface area contributed by atoms with Crippen LogP contribution in [-0.2, 0) is 13.0 Å². The second-order valence-electron chi connectivity index (χ2n) is 6.66. The number of aryl methyl sites for hydroxylation is 1. The maximum Gasteiger partial charge on any atom is 0.316 e. The molecule has 6 nitrogen and oxygen atoms in total. The molecule has 0 saturated heterocycles. The van der Waals surface area contributed by atoms with Gasteiger partial charge in [0.2, 0.25) is 0 Å². The molecule has 2 aromatic heterocycles. The molecule has 0 unspecified atom stereocenters. The maximum atomic E-state index is 14.6. The van der Waals surface area contributed by atoms with Gasteiger partial charge in [-0.2, -0.15) is 0 Å². The second-order valence-corrected chi connectivity index (χ2v) is 6.66. The van der Waals surface area contributed by atoms with Crippen molar-refractivity contribution < 1.29 is 17.6 Å².